The topological polar surface area (TPSA) is 58.6 Å². The van der Waals surface area contributed by atoms with Gasteiger partial charge in [0.2, 0.25) is 0 Å². The van der Waals surface area contributed by atoms with E-state index in [9.17, 15) is 9.90 Å². The molecule has 5 heteroatoms. The van der Waals surface area contributed by atoms with Gasteiger partial charge in [-0.2, -0.15) is 0 Å². The SMILES string of the molecule is O=C([O-])CCOC1COC1.[Na+]. The molecular formula is C6H9NaO4. The normalized spacial score (nSPS) is 16.7. The maximum Gasteiger partial charge on any atom is 1.00 e. The Bertz CT molecular complexity index is 124. The summed E-state index contributed by atoms with van der Waals surface area (Å²) in [6, 6.07) is 0. The number of hydrogen-bond acceptors (Lipinski definition) is 4. The van der Waals surface area contributed by atoms with Gasteiger partial charge in [0.1, 0.15) is 6.10 Å². The fraction of sp³-hybridized carbons (Fsp3) is 0.833. The summed E-state index contributed by atoms with van der Waals surface area (Å²) in [6.07, 6.45) is 0.0793. The van der Waals surface area contributed by atoms with E-state index in [2.05, 4.69) is 0 Å². The Hall–Kier alpha value is 0.390. The molecule has 0 saturated carbocycles. The first kappa shape index (κ1) is 11.4. The molecule has 11 heavy (non-hydrogen) atoms. The van der Waals surface area contributed by atoms with E-state index in [-0.39, 0.29) is 48.7 Å². The summed E-state index contributed by atoms with van der Waals surface area (Å²) in [6.45, 7) is 1.41. The smallest absolute Gasteiger partial charge is 0.550 e. The minimum absolute atomic E-state index is 0. The van der Waals surface area contributed by atoms with Crippen molar-refractivity contribution in [2.45, 2.75) is 12.5 Å². The summed E-state index contributed by atoms with van der Waals surface area (Å²) in [5.41, 5.74) is 0. The fourth-order valence-electron chi connectivity index (χ4n) is 0.619. The van der Waals surface area contributed by atoms with Crippen LogP contribution in [0.2, 0.25) is 0 Å². The average molecular weight is 168 g/mol. The summed E-state index contributed by atoms with van der Waals surface area (Å²) in [7, 11) is 0. The zero-order valence-corrected chi connectivity index (χ0v) is 8.54. The van der Waals surface area contributed by atoms with Gasteiger partial charge in [0.15, 0.2) is 0 Å². The number of hydrogen-bond donors (Lipinski definition) is 0. The maximum atomic E-state index is 9.86. The van der Waals surface area contributed by atoms with Crippen LogP contribution in [-0.4, -0.2) is 31.9 Å². The molecule has 0 aliphatic carbocycles. The quantitative estimate of drug-likeness (QED) is 0.397. The van der Waals surface area contributed by atoms with E-state index in [1.807, 2.05) is 0 Å². The molecule has 0 amide bonds. The second kappa shape index (κ2) is 5.97. The van der Waals surface area contributed by atoms with Gasteiger partial charge in [-0.25, -0.2) is 0 Å². The van der Waals surface area contributed by atoms with E-state index in [1.165, 1.54) is 0 Å². The molecule has 0 bridgehead atoms. The van der Waals surface area contributed by atoms with Crippen LogP contribution >= 0.6 is 0 Å². The van der Waals surface area contributed by atoms with Gasteiger partial charge in [0.05, 0.1) is 19.8 Å². The minimum Gasteiger partial charge on any atom is -0.550 e. The maximum absolute atomic E-state index is 9.86. The van der Waals surface area contributed by atoms with Gasteiger partial charge in [0.25, 0.3) is 0 Å². The minimum atomic E-state index is -1.07. The third-order valence-electron chi connectivity index (χ3n) is 1.27. The molecule has 1 heterocycles. The van der Waals surface area contributed by atoms with Crippen LogP contribution < -0.4 is 34.7 Å². The molecule has 0 N–H and O–H groups in total. The number of carboxylic acid groups (broad SMARTS) is 1. The number of carboxylic acids is 1. The van der Waals surface area contributed by atoms with Crippen molar-refractivity contribution in [3.8, 4) is 0 Å². The van der Waals surface area contributed by atoms with Crippen molar-refractivity contribution in [2.75, 3.05) is 19.8 Å². The Labute approximate surface area is 87.2 Å². The first-order valence-electron chi connectivity index (χ1n) is 3.18. The van der Waals surface area contributed by atoms with Crippen molar-refractivity contribution in [3.63, 3.8) is 0 Å². The molecule has 0 radical (unpaired) electrons. The zero-order valence-electron chi connectivity index (χ0n) is 6.54. The number of carbonyl (C=O) groups excluding carboxylic acids is 1. The Morgan fingerprint density at radius 3 is 2.64 bits per heavy atom. The Balaban J connectivity index is 0.000001000. The Morgan fingerprint density at radius 2 is 2.27 bits per heavy atom. The molecule has 1 saturated heterocycles. The van der Waals surface area contributed by atoms with Crippen LogP contribution in [0.1, 0.15) is 6.42 Å². The second-order valence-electron chi connectivity index (χ2n) is 2.15. The summed E-state index contributed by atoms with van der Waals surface area (Å²) in [4.78, 5) is 9.86. The Morgan fingerprint density at radius 1 is 1.64 bits per heavy atom. The molecule has 1 aliphatic heterocycles. The summed E-state index contributed by atoms with van der Waals surface area (Å²) < 4.78 is 9.85. The molecule has 0 spiro atoms. The molecule has 0 aromatic heterocycles. The number of rotatable bonds is 4. The van der Waals surface area contributed by atoms with Crippen molar-refractivity contribution < 1.29 is 48.9 Å². The van der Waals surface area contributed by atoms with Crippen molar-refractivity contribution in [1.29, 1.82) is 0 Å². The predicted octanol–water partition coefficient (Wildman–Crippen LogP) is -4.45. The van der Waals surface area contributed by atoms with Crippen LogP contribution in [0.15, 0.2) is 0 Å². The second-order valence-corrected chi connectivity index (χ2v) is 2.15. The van der Waals surface area contributed by atoms with Crippen molar-refractivity contribution in [3.05, 3.63) is 0 Å². The van der Waals surface area contributed by atoms with Crippen LogP contribution in [0, 0.1) is 0 Å². The van der Waals surface area contributed by atoms with Gasteiger partial charge in [0, 0.05) is 12.4 Å². The van der Waals surface area contributed by atoms with Gasteiger partial charge < -0.3 is 19.4 Å². The average Bonchev–Trinajstić information content (AvgIpc) is 1.75. The number of carbonyl (C=O) groups is 1. The first-order valence-corrected chi connectivity index (χ1v) is 3.18. The molecule has 58 valence electrons. The molecule has 0 aromatic rings. The third kappa shape index (κ3) is 4.76. The van der Waals surface area contributed by atoms with E-state index in [0.29, 0.717) is 13.2 Å². The summed E-state index contributed by atoms with van der Waals surface area (Å²) >= 11 is 0. The van der Waals surface area contributed by atoms with Gasteiger partial charge in [-0.15, -0.1) is 0 Å². The fourth-order valence-corrected chi connectivity index (χ4v) is 0.619. The largest absolute Gasteiger partial charge is 1.00 e. The third-order valence-corrected chi connectivity index (χ3v) is 1.27. The van der Waals surface area contributed by atoms with Crippen LogP contribution in [0.25, 0.3) is 0 Å². The Kier molecular flexibility index (Phi) is 6.18. The number of aliphatic carboxylic acids is 1. The standard InChI is InChI=1S/C6H10O4.Na/c7-6(8)1-2-10-5-3-9-4-5;/h5H,1-4H2,(H,7,8);/q;+1/p-1. The molecule has 1 fully saturated rings. The van der Waals surface area contributed by atoms with E-state index >= 15 is 0 Å². The van der Waals surface area contributed by atoms with Crippen molar-refractivity contribution >= 4 is 5.97 Å². The van der Waals surface area contributed by atoms with E-state index < -0.39 is 5.97 Å². The molecule has 1 aliphatic rings. The molecule has 0 aromatic carbocycles. The van der Waals surface area contributed by atoms with Crippen molar-refractivity contribution in [2.24, 2.45) is 0 Å². The number of ether oxygens (including phenoxy) is 2. The van der Waals surface area contributed by atoms with Crippen LogP contribution in [0.3, 0.4) is 0 Å². The summed E-state index contributed by atoms with van der Waals surface area (Å²) in [5.74, 6) is -1.07. The van der Waals surface area contributed by atoms with Crippen LogP contribution in [0.4, 0.5) is 0 Å². The first-order chi connectivity index (χ1) is 4.79. The van der Waals surface area contributed by atoms with Gasteiger partial charge in [-0.3, -0.25) is 0 Å². The van der Waals surface area contributed by atoms with Crippen LogP contribution in [-0.2, 0) is 14.3 Å². The van der Waals surface area contributed by atoms with Crippen molar-refractivity contribution in [1.82, 2.24) is 0 Å². The van der Waals surface area contributed by atoms with Gasteiger partial charge in [-0.1, -0.05) is 0 Å². The monoisotopic (exact) mass is 168 g/mol. The van der Waals surface area contributed by atoms with Gasteiger partial charge >= 0.3 is 29.6 Å². The van der Waals surface area contributed by atoms with E-state index in [0.717, 1.165) is 0 Å². The molecule has 1 rings (SSSR count). The van der Waals surface area contributed by atoms with Crippen LogP contribution in [0.5, 0.6) is 0 Å². The zero-order chi connectivity index (χ0) is 7.40. The molecular weight excluding hydrogens is 159 g/mol. The summed E-state index contributed by atoms with van der Waals surface area (Å²) in [5, 5.41) is 9.86. The van der Waals surface area contributed by atoms with Gasteiger partial charge in [-0.05, 0) is 0 Å². The predicted molar refractivity (Wildman–Crippen MR) is 30.2 cm³/mol. The van der Waals surface area contributed by atoms with E-state index in [1.54, 1.807) is 0 Å². The molecule has 0 unspecified atom stereocenters. The van der Waals surface area contributed by atoms with E-state index in [4.69, 9.17) is 9.47 Å². The molecule has 0 atom stereocenters. The molecule has 4 nitrogen and oxygen atoms in total.